The van der Waals surface area contributed by atoms with Crippen LogP contribution in [0.1, 0.15) is 51.8 Å². The molecule has 2 amide bonds. The molecule has 1 aromatic carbocycles. The van der Waals surface area contributed by atoms with Crippen LogP contribution in [0.15, 0.2) is 36.5 Å². The molecule has 4 rings (SSSR count). The van der Waals surface area contributed by atoms with Crippen LogP contribution in [0.5, 0.6) is 0 Å². The monoisotopic (exact) mass is 681 g/mol. The Kier molecular flexibility index (Phi) is 9.12. The SMILES string of the molecule is Cc1cc(Cl)cc(C(=O)NC(C)C)c1NC(=O)c1cc(Cn2nnc(C(F)(F)C(F)(F)C(F)(F)F)n2)nn1-c1ncccc1Cl. The summed E-state index contributed by atoms with van der Waals surface area (Å²) >= 11 is 12.4. The van der Waals surface area contributed by atoms with E-state index in [1.54, 1.807) is 20.8 Å². The molecule has 0 saturated heterocycles. The summed E-state index contributed by atoms with van der Waals surface area (Å²) in [5.41, 5.74) is 0.0640. The van der Waals surface area contributed by atoms with Crippen molar-refractivity contribution < 1.29 is 40.3 Å². The summed E-state index contributed by atoms with van der Waals surface area (Å²) in [6, 6.07) is 6.56. The van der Waals surface area contributed by atoms with Crippen molar-refractivity contribution in [3.05, 3.63) is 74.9 Å². The highest BCUT2D eigenvalue weighted by molar-refractivity contribution is 6.32. The van der Waals surface area contributed by atoms with Crippen molar-refractivity contribution in [2.45, 2.75) is 51.4 Å². The number of aryl methyl sites for hydroxylation is 1. The summed E-state index contributed by atoms with van der Waals surface area (Å²) in [5.74, 6) is -16.0. The first kappa shape index (κ1) is 33.6. The van der Waals surface area contributed by atoms with Gasteiger partial charge in [-0.05, 0) is 61.9 Å². The molecule has 240 valence electrons. The minimum Gasteiger partial charge on any atom is -0.350 e. The topological polar surface area (TPSA) is 133 Å². The third-order valence-electron chi connectivity index (χ3n) is 5.92. The van der Waals surface area contributed by atoms with Gasteiger partial charge in [0.15, 0.2) is 5.82 Å². The molecule has 3 heterocycles. The number of benzene rings is 1. The molecule has 11 nitrogen and oxygen atoms in total. The van der Waals surface area contributed by atoms with Crippen molar-refractivity contribution in [1.82, 2.24) is 40.3 Å². The van der Waals surface area contributed by atoms with E-state index in [0.717, 1.165) is 10.7 Å². The van der Waals surface area contributed by atoms with Crippen LogP contribution in [0.3, 0.4) is 0 Å². The lowest BCUT2D eigenvalue weighted by molar-refractivity contribution is -0.361. The molecule has 20 heteroatoms. The second-order valence-electron chi connectivity index (χ2n) is 9.76. The molecule has 0 saturated carbocycles. The zero-order valence-corrected chi connectivity index (χ0v) is 24.6. The van der Waals surface area contributed by atoms with Gasteiger partial charge in [-0.1, -0.05) is 23.2 Å². The summed E-state index contributed by atoms with van der Waals surface area (Å²) in [6.07, 6.45) is -5.29. The molecule has 0 aliphatic carbocycles. The van der Waals surface area contributed by atoms with Gasteiger partial charge in [-0.25, -0.2) is 9.67 Å². The molecule has 0 spiro atoms. The predicted molar refractivity (Wildman–Crippen MR) is 145 cm³/mol. The van der Waals surface area contributed by atoms with E-state index in [9.17, 15) is 40.3 Å². The molecule has 45 heavy (non-hydrogen) atoms. The number of anilines is 1. The van der Waals surface area contributed by atoms with Crippen LogP contribution >= 0.6 is 23.2 Å². The normalized spacial score (nSPS) is 12.5. The number of tetrazole rings is 1. The first-order chi connectivity index (χ1) is 20.8. The number of nitrogens with one attached hydrogen (secondary N) is 2. The van der Waals surface area contributed by atoms with Crippen molar-refractivity contribution in [2.75, 3.05) is 5.32 Å². The van der Waals surface area contributed by atoms with Gasteiger partial charge < -0.3 is 10.6 Å². The Bertz CT molecular complexity index is 1760. The number of pyridine rings is 1. The van der Waals surface area contributed by atoms with Gasteiger partial charge in [-0.2, -0.15) is 40.6 Å². The van der Waals surface area contributed by atoms with E-state index in [0.29, 0.717) is 5.56 Å². The van der Waals surface area contributed by atoms with Gasteiger partial charge in [0.2, 0.25) is 0 Å². The van der Waals surface area contributed by atoms with Crippen LogP contribution in [-0.4, -0.2) is 64.9 Å². The minimum absolute atomic E-state index is 0.0102. The Morgan fingerprint density at radius 3 is 2.31 bits per heavy atom. The molecule has 0 radical (unpaired) electrons. The van der Waals surface area contributed by atoms with E-state index in [2.05, 4.69) is 36.1 Å². The lowest BCUT2D eigenvalue weighted by Crippen LogP contribution is -2.50. The van der Waals surface area contributed by atoms with E-state index in [-0.39, 0.29) is 49.3 Å². The van der Waals surface area contributed by atoms with Gasteiger partial charge in [0.1, 0.15) is 12.2 Å². The molecular formula is C25H20Cl2F7N9O2. The highest BCUT2D eigenvalue weighted by Gasteiger charge is 2.75. The molecule has 2 N–H and O–H groups in total. The van der Waals surface area contributed by atoms with Crippen LogP contribution in [0.4, 0.5) is 36.4 Å². The number of carbonyl (C=O) groups is 2. The Morgan fingerprint density at radius 2 is 1.69 bits per heavy atom. The molecule has 0 unspecified atom stereocenters. The van der Waals surface area contributed by atoms with Gasteiger partial charge in [0.05, 0.1) is 22.0 Å². The van der Waals surface area contributed by atoms with Gasteiger partial charge in [0.25, 0.3) is 17.6 Å². The zero-order valence-electron chi connectivity index (χ0n) is 23.1. The number of amides is 2. The standard InChI is InChI=1S/C25H20Cl2F7N9O2/c1-11(2)36-20(44)15-8-13(26)7-12(3)18(15)37-21(45)17-9-14(39-43(17)19-16(27)5-4-6-35-19)10-42-40-22(38-41-42)23(28,29)24(30,31)25(32,33)34/h4-9,11H,10H2,1-3H3,(H,36,44)(H,37,45). The summed E-state index contributed by atoms with van der Waals surface area (Å²) in [4.78, 5) is 30.8. The molecule has 0 fully saturated rings. The zero-order chi connectivity index (χ0) is 33.5. The van der Waals surface area contributed by atoms with Gasteiger partial charge in [-0.3, -0.25) is 9.59 Å². The van der Waals surface area contributed by atoms with E-state index in [4.69, 9.17) is 23.2 Å². The molecule has 0 aliphatic heterocycles. The van der Waals surface area contributed by atoms with Crippen LogP contribution in [0.2, 0.25) is 10.0 Å². The quantitative estimate of drug-likeness (QED) is 0.220. The van der Waals surface area contributed by atoms with Crippen molar-refractivity contribution >= 4 is 40.7 Å². The molecule has 4 aromatic rings. The fourth-order valence-corrected chi connectivity index (χ4v) is 4.34. The van der Waals surface area contributed by atoms with Crippen LogP contribution < -0.4 is 10.6 Å². The van der Waals surface area contributed by atoms with E-state index in [1.165, 1.54) is 30.5 Å². The van der Waals surface area contributed by atoms with Crippen molar-refractivity contribution in [2.24, 2.45) is 0 Å². The number of hydrogen-bond acceptors (Lipinski definition) is 7. The predicted octanol–water partition coefficient (Wildman–Crippen LogP) is 5.60. The van der Waals surface area contributed by atoms with Crippen LogP contribution in [0, 0.1) is 6.92 Å². The highest BCUT2D eigenvalue weighted by atomic mass is 35.5. The summed E-state index contributed by atoms with van der Waals surface area (Å²) in [5, 5.41) is 18.5. The average Bonchev–Trinajstić information content (AvgIpc) is 3.57. The maximum Gasteiger partial charge on any atom is 0.460 e. The smallest absolute Gasteiger partial charge is 0.350 e. The largest absolute Gasteiger partial charge is 0.460 e. The first-order valence-corrected chi connectivity index (χ1v) is 13.3. The van der Waals surface area contributed by atoms with Crippen LogP contribution in [-0.2, 0) is 12.5 Å². The summed E-state index contributed by atoms with van der Waals surface area (Å²) in [7, 11) is 0. The molecule has 0 aliphatic rings. The maximum atomic E-state index is 14.1. The minimum atomic E-state index is -6.61. The van der Waals surface area contributed by atoms with E-state index < -0.39 is 42.2 Å². The lowest BCUT2D eigenvalue weighted by atomic mass is 10.1. The van der Waals surface area contributed by atoms with Crippen LogP contribution in [0.25, 0.3) is 5.82 Å². The summed E-state index contributed by atoms with van der Waals surface area (Å²) in [6.45, 7) is 4.30. The fourth-order valence-electron chi connectivity index (χ4n) is 3.87. The average molecular weight is 682 g/mol. The number of halogens is 9. The number of carbonyl (C=O) groups excluding carboxylic acids is 2. The third kappa shape index (κ3) is 6.70. The van der Waals surface area contributed by atoms with E-state index >= 15 is 0 Å². The van der Waals surface area contributed by atoms with Crippen molar-refractivity contribution in [3.63, 3.8) is 0 Å². The van der Waals surface area contributed by atoms with E-state index in [1.807, 2.05) is 0 Å². The second kappa shape index (κ2) is 12.2. The number of rotatable bonds is 9. The lowest BCUT2D eigenvalue weighted by Gasteiger charge is -2.25. The van der Waals surface area contributed by atoms with Gasteiger partial charge >= 0.3 is 18.0 Å². The first-order valence-electron chi connectivity index (χ1n) is 12.6. The highest BCUT2D eigenvalue weighted by Crippen LogP contribution is 2.50. The number of aromatic nitrogens is 7. The fraction of sp³-hybridized carbons (Fsp3) is 0.320. The third-order valence-corrected chi connectivity index (χ3v) is 6.44. The Hall–Kier alpha value is -4.32. The summed E-state index contributed by atoms with van der Waals surface area (Å²) < 4.78 is 93.8. The Morgan fingerprint density at radius 1 is 1.00 bits per heavy atom. The Labute approximate surface area is 258 Å². The number of nitrogens with zero attached hydrogens (tertiary/aromatic N) is 7. The van der Waals surface area contributed by atoms with Crippen molar-refractivity contribution in [3.8, 4) is 5.82 Å². The second-order valence-corrected chi connectivity index (χ2v) is 10.6. The molecule has 3 aromatic heterocycles. The molecule has 0 bridgehead atoms. The maximum absolute atomic E-state index is 14.1. The number of hydrogen-bond donors (Lipinski definition) is 2. The molecular weight excluding hydrogens is 662 g/mol. The van der Waals surface area contributed by atoms with Gasteiger partial charge in [0, 0.05) is 17.3 Å². The Balaban J connectivity index is 1.73. The molecule has 0 atom stereocenters. The van der Waals surface area contributed by atoms with Gasteiger partial charge in [-0.15, -0.1) is 10.2 Å². The van der Waals surface area contributed by atoms with Crippen molar-refractivity contribution in [1.29, 1.82) is 0 Å². The number of alkyl halides is 7.